The lowest BCUT2D eigenvalue weighted by atomic mass is 9.83. The summed E-state index contributed by atoms with van der Waals surface area (Å²) in [4.78, 5) is 38.3. The highest BCUT2D eigenvalue weighted by Gasteiger charge is 2.36. The summed E-state index contributed by atoms with van der Waals surface area (Å²) in [5.74, 6) is 0.457. The lowest BCUT2D eigenvalue weighted by Gasteiger charge is -2.29. The number of cyclic esters (lactones) is 1. The summed E-state index contributed by atoms with van der Waals surface area (Å²) >= 11 is 0. The summed E-state index contributed by atoms with van der Waals surface area (Å²) in [6, 6.07) is 9.33. The third-order valence-corrected chi connectivity index (χ3v) is 6.82. The summed E-state index contributed by atoms with van der Waals surface area (Å²) < 4.78 is 23.1. The summed E-state index contributed by atoms with van der Waals surface area (Å²) in [6.45, 7) is 5.76. The number of benzene rings is 2. The van der Waals surface area contributed by atoms with Crippen molar-refractivity contribution >= 4 is 23.8 Å². The van der Waals surface area contributed by atoms with E-state index in [1.165, 1.54) is 7.11 Å². The lowest BCUT2D eigenvalue weighted by Crippen LogP contribution is -2.24. The Morgan fingerprint density at radius 3 is 2.47 bits per heavy atom. The number of fused-ring (bicyclic) bond motifs is 2. The molecule has 202 valence electrons. The van der Waals surface area contributed by atoms with Gasteiger partial charge in [-0.25, -0.2) is 4.79 Å². The van der Waals surface area contributed by atoms with Crippen molar-refractivity contribution in [3.05, 3.63) is 58.7 Å². The first kappa shape index (κ1) is 27.4. The van der Waals surface area contributed by atoms with E-state index in [1.807, 2.05) is 57.2 Å². The fourth-order valence-corrected chi connectivity index (χ4v) is 5.05. The Kier molecular flexibility index (Phi) is 8.87. The fourth-order valence-electron chi connectivity index (χ4n) is 5.05. The minimum atomic E-state index is -0.503. The number of Topliss-reactive ketones (excluding diaryl/α,β-unsaturated/α-hetero) is 1. The molecule has 2 aliphatic rings. The van der Waals surface area contributed by atoms with Crippen LogP contribution in [0.3, 0.4) is 0 Å². The zero-order valence-corrected chi connectivity index (χ0v) is 22.6. The number of ketones is 1. The molecule has 0 saturated carbocycles. The highest BCUT2D eigenvalue weighted by Crippen LogP contribution is 2.47. The topological polar surface area (TPSA) is 88.1 Å². The van der Waals surface area contributed by atoms with Crippen molar-refractivity contribution in [2.75, 3.05) is 7.11 Å². The van der Waals surface area contributed by atoms with Crippen LogP contribution < -0.4 is 14.2 Å². The average molecular weight is 521 g/mol. The minimum absolute atomic E-state index is 0.0447. The number of methoxy groups -OCH3 is 1. The predicted molar refractivity (Wildman–Crippen MR) is 144 cm³/mol. The van der Waals surface area contributed by atoms with Gasteiger partial charge in [-0.1, -0.05) is 24.3 Å². The Bertz CT molecular complexity index is 1210. The smallest absolute Gasteiger partial charge is 0.342 e. The van der Waals surface area contributed by atoms with Gasteiger partial charge in [0.15, 0.2) is 0 Å². The maximum Gasteiger partial charge on any atom is 0.342 e. The Hall–Kier alpha value is -3.61. The van der Waals surface area contributed by atoms with Gasteiger partial charge in [-0.05, 0) is 75.8 Å². The van der Waals surface area contributed by atoms with Crippen LogP contribution in [0, 0.1) is 0 Å². The quantitative estimate of drug-likeness (QED) is 0.340. The molecule has 0 amide bonds. The lowest BCUT2D eigenvalue weighted by molar-refractivity contribution is -0.135. The number of hydrogen-bond acceptors (Lipinski definition) is 7. The molecule has 0 radical (unpaired) electrons. The molecule has 7 nitrogen and oxygen atoms in total. The van der Waals surface area contributed by atoms with Crippen LogP contribution in [-0.4, -0.2) is 37.0 Å². The van der Waals surface area contributed by atoms with Crippen LogP contribution in [-0.2, 0) is 14.3 Å². The molecule has 2 atom stereocenters. The summed E-state index contributed by atoms with van der Waals surface area (Å²) in [5, 5.41) is 0. The SMILES string of the molecule is COc1c2c(cc3c1[C@H](c1ccc(OC(C)C)cc1)CC(=O)O3)/C=C/CCCC(=O)CCC[C@H](C)OC2=O. The second-order valence-corrected chi connectivity index (χ2v) is 10.2. The van der Waals surface area contributed by atoms with Gasteiger partial charge < -0.3 is 18.9 Å². The van der Waals surface area contributed by atoms with Gasteiger partial charge in [-0.3, -0.25) is 9.59 Å². The summed E-state index contributed by atoms with van der Waals surface area (Å²) in [7, 11) is 1.51. The minimum Gasteiger partial charge on any atom is -0.495 e. The molecule has 0 bridgehead atoms. The maximum absolute atomic E-state index is 13.5. The first-order chi connectivity index (χ1) is 18.3. The van der Waals surface area contributed by atoms with Crippen molar-refractivity contribution in [2.45, 2.75) is 83.8 Å². The molecule has 7 heteroatoms. The van der Waals surface area contributed by atoms with Crippen LogP contribution in [0.4, 0.5) is 0 Å². The van der Waals surface area contributed by atoms with Crippen molar-refractivity contribution < 1.29 is 33.3 Å². The standard InChI is InChI=1S/C31H36O7/c1-19(2)36-24-15-13-21(14-16-24)25-18-27(33)38-26-17-22-10-6-5-7-11-23(32)12-8-9-20(3)37-31(34)28(22)30(35-4)29(25)26/h6,10,13-17,19-20,25H,5,7-9,11-12,18H2,1-4H3/b10-6+/t20-,25-/m0/s1. The van der Waals surface area contributed by atoms with Crippen molar-refractivity contribution in [1.82, 2.24) is 0 Å². The molecular weight excluding hydrogens is 484 g/mol. The number of rotatable bonds is 4. The summed E-state index contributed by atoms with van der Waals surface area (Å²) in [6.07, 6.45) is 7.25. The van der Waals surface area contributed by atoms with Crippen molar-refractivity contribution in [3.8, 4) is 17.2 Å². The van der Waals surface area contributed by atoms with Gasteiger partial charge in [0.25, 0.3) is 0 Å². The molecule has 0 aliphatic carbocycles. The highest BCUT2D eigenvalue weighted by molar-refractivity contribution is 5.99. The average Bonchev–Trinajstić information content (AvgIpc) is 2.86. The highest BCUT2D eigenvalue weighted by atomic mass is 16.5. The van der Waals surface area contributed by atoms with Crippen LogP contribution in [0.25, 0.3) is 6.08 Å². The monoisotopic (exact) mass is 520 g/mol. The second-order valence-electron chi connectivity index (χ2n) is 10.2. The molecule has 0 N–H and O–H groups in total. The number of carbonyl (C=O) groups excluding carboxylic acids is 3. The Morgan fingerprint density at radius 1 is 1.03 bits per heavy atom. The van der Waals surface area contributed by atoms with Crippen LogP contribution in [0.1, 0.15) is 98.7 Å². The fraction of sp³-hybridized carbons (Fsp3) is 0.452. The van der Waals surface area contributed by atoms with Gasteiger partial charge in [-0.15, -0.1) is 0 Å². The van der Waals surface area contributed by atoms with Gasteiger partial charge >= 0.3 is 11.9 Å². The molecule has 38 heavy (non-hydrogen) atoms. The molecular formula is C31H36O7. The molecule has 2 aromatic carbocycles. The van der Waals surface area contributed by atoms with E-state index in [9.17, 15) is 14.4 Å². The van der Waals surface area contributed by atoms with E-state index in [4.69, 9.17) is 18.9 Å². The van der Waals surface area contributed by atoms with Gasteiger partial charge in [0.2, 0.25) is 0 Å². The molecule has 0 aromatic heterocycles. The molecule has 0 saturated heterocycles. The van der Waals surface area contributed by atoms with Crippen LogP contribution >= 0.6 is 0 Å². The zero-order valence-electron chi connectivity index (χ0n) is 22.6. The first-order valence-corrected chi connectivity index (χ1v) is 13.4. The van der Waals surface area contributed by atoms with Gasteiger partial charge in [-0.2, -0.15) is 0 Å². The van der Waals surface area contributed by atoms with Crippen molar-refractivity contribution in [3.63, 3.8) is 0 Å². The van der Waals surface area contributed by atoms with Crippen LogP contribution in [0.15, 0.2) is 36.4 Å². The van der Waals surface area contributed by atoms with Crippen molar-refractivity contribution in [2.24, 2.45) is 0 Å². The molecule has 4 rings (SSSR count). The molecule has 0 unspecified atom stereocenters. The number of ether oxygens (including phenoxy) is 4. The van der Waals surface area contributed by atoms with Crippen LogP contribution in [0.2, 0.25) is 0 Å². The van der Waals surface area contributed by atoms with E-state index < -0.39 is 5.97 Å². The summed E-state index contributed by atoms with van der Waals surface area (Å²) in [5.41, 5.74) is 2.40. The van der Waals surface area contributed by atoms with Crippen LogP contribution in [0.5, 0.6) is 17.2 Å². The predicted octanol–water partition coefficient (Wildman–Crippen LogP) is 6.41. The molecule has 2 heterocycles. The van der Waals surface area contributed by atoms with E-state index in [0.29, 0.717) is 60.3 Å². The third-order valence-electron chi connectivity index (χ3n) is 6.82. The molecule has 0 spiro atoms. The van der Waals surface area contributed by atoms with Gasteiger partial charge in [0.05, 0.1) is 25.7 Å². The van der Waals surface area contributed by atoms with E-state index in [0.717, 1.165) is 17.7 Å². The number of hydrogen-bond donors (Lipinski definition) is 0. The van der Waals surface area contributed by atoms with E-state index in [-0.39, 0.29) is 36.3 Å². The third kappa shape index (κ3) is 6.44. The zero-order chi connectivity index (χ0) is 27.2. The Labute approximate surface area is 224 Å². The number of carbonyl (C=O) groups is 3. The van der Waals surface area contributed by atoms with Gasteiger partial charge in [0, 0.05) is 24.3 Å². The van der Waals surface area contributed by atoms with Crippen molar-refractivity contribution in [1.29, 1.82) is 0 Å². The van der Waals surface area contributed by atoms with E-state index >= 15 is 0 Å². The molecule has 0 fully saturated rings. The number of esters is 2. The Balaban J connectivity index is 1.80. The molecule has 2 aromatic rings. The normalized spacial score (nSPS) is 21.4. The first-order valence-electron chi connectivity index (χ1n) is 13.4. The maximum atomic E-state index is 13.5. The van der Waals surface area contributed by atoms with Gasteiger partial charge in [0.1, 0.15) is 28.6 Å². The molecule has 2 aliphatic heterocycles. The largest absolute Gasteiger partial charge is 0.495 e. The Morgan fingerprint density at radius 2 is 1.76 bits per heavy atom. The van der Waals surface area contributed by atoms with E-state index in [2.05, 4.69) is 0 Å². The second kappa shape index (κ2) is 12.3. The number of allylic oxidation sites excluding steroid dienone is 1. The van der Waals surface area contributed by atoms with E-state index in [1.54, 1.807) is 6.07 Å².